The van der Waals surface area contributed by atoms with E-state index in [1.807, 2.05) is 0 Å². The van der Waals surface area contributed by atoms with Crippen molar-refractivity contribution in [1.29, 1.82) is 0 Å². The molecule has 1 unspecified atom stereocenters. The number of amides is 1. The standard InChI is InChI=1S/C18H26N2O/c1-13(19-14(2)21)16-7-6-15-8-10-20(18-4-3-5-18)11-9-17(15)12-16/h6-7,12-13,18H,3-5,8-11H2,1-2H3,(H,19,21). The number of hydrogen-bond acceptors (Lipinski definition) is 2. The number of carbonyl (C=O) groups is 1. The van der Waals surface area contributed by atoms with Crippen LogP contribution in [0.15, 0.2) is 18.2 Å². The van der Waals surface area contributed by atoms with Gasteiger partial charge in [0.1, 0.15) is 0 Å². The zero-order chi connectivity index (χ0) is 14.8. The molecule has 1 amide bonds. The molecule has 3 nitrogen and oxygen atoms in total. The fourth-order valence-corrected chi connectivity index (χ4v) is 3.54. The van der Waals surface area contributed by atoms with Crippen molar-refractivity contribution in [2.24, 2.45) is 0 Å². The number of carbonyl (C=O) groups excluding carboxylic acids is 1. The van der Waals surface area contributed by atoms with Gasteiger partial charge in [-0.1, -0.05) is 24.6 Å². The molecule has 0 radical (unpaired) electrons. The molecule has 1 fully saturated rings. The third kappa shape index (κ3) is 3.29. The Morgan fingerprint density at radius 1 is 1.24 bits per heavy atom. The number of hydrogen-bond donors (Lipinski definition) is 1. The molecule has 3 rings (SSSR count). The van der Waals surface area contributed by atoms with Gasteiger partial charge in [0, 0.05) is 26.1 Å². The molecule has 21 heavy (non-hydrogen) atoms. The lowest BCUT2D eigenvalue weighted by Gasteiger charge is -2.36. The van der Waals surface area contributed by atoms with Gasteiger partial charge in [0.2, 0.25) is 5.91 Å². The summed E-state index contributed by atoms with van der Waals surface area (Å²) in [6, 6.07) is 7.70. The predicted molar refractivity (Wildman–Crippen MR) is 85.3 cm³/mol. The zero-order valence-corrected chi connectivity index (χ0v) is 13.2. The number of nitrogens with zero attached hydrogens (tertiary/aromatic N) is 1. The fourth-order valence-electron chi connectivity index (χ4n) is 3.54. The first-order valence-corrected chi connectivity index (χ1v) is 8.26. The monoisotopic (exact) mass is 286 g/mol. The second-order valence-corrected chi connectivity index (χ2v) is 6.57. The SMILES string of the molecule is CC(=O)NC(C)c1ccc2c(c1)CCN(C1CCC1)CC2. The van der Waals surface area contributed by atoms with Crippen LogP contribution in [0.5, 0.6) is 0 Å². The van der Waals surface area contributed by atoms with Crippen LogP contribution >= 0.6 is 0 Å². The molecule has 114 valence electrons. The summed E-state index contributed by atoms with van der Waals surface area (Å²) < 4.78 is 0. The molecule has 0 aromatic heterocycles. The number of fused-ring (bicyclic) bond motifs is 1. The van der Waals surface area contributed by atoms with Crippen LogP contribution < -0.4 is 5.32 Å². The van der Waals surface area contributed by atoms with Crippen molar-refractivity contribution in [3.8, 4) is 0 Å². The van der Waals surface area contributed by atoms with E-state index in [2.05, 4.69) is 35.3 Å². The Bertz CT molecular complexity index is 522. The molecule has 2 aliphatic rings. The molecule has 0 spiro atoms. The first-order valence-electron chi connectivity index (χ1n) is 8.26. The molecule has 0 bridgehead atoms. The van der Waals surface area contributed by atoms with Crippen LogP contribution in [-0.4, -0.2) is 29.9 Å². The van der Waals surface area contributed by atoms with Gasteiger partial charge in [-0.2, -0.15) is 0 Å². The Morgan fingerprint density at radius 2 is 1.95 bits per heavy atom. The molecule has 1 N–H and O–H groups in total. The molecule has 1 saturated carbocycles. The van der Waals surface area contributed by atoms with Crippen molar-refractivity contribution < 1.29 is 4.79 Å². The van der Waals surface area contributed by atoms with E-state index in [-0.39, 0.29) is 11.9 Å². The molecular weight excluding hydrogens is 260 g/mol. The summed E-state index contributed by atoms with van der Waals surface area (Å²) in [6.45, 7) is 6.03. The highest BCUT2D eigenvalue weighted by Crippen LogP contribution is 2.28. The van der Waals surface area contributed by atoms with E-state index in [9.17, 15) is 4.79 Å². The molecule has 1 aliphatic heterocycles. The van der Waals surface area contributed by atoms with Crippen LogP contribution in [0.3, 0.4) is 0 Å². The Balaban J connectivity index is 1.71. The summed E-state index contributed by atoms with van der Waals surface area (Å²) in [4.78, 5) is 13.9. The van der Waals surface area contributed by atoms with Gasteiger partial charge in [0.05, 0.1) is 6.04 Å². The lowest BCUT2D eigenvalue weighted by molar-refractivity contribution is -0.119. The first-order chi connectivity index (χ1) is 10.1. The lowest BCUT2D eigenvalue weighted by atomic mass is 9.91. The van der Waals surface area contributed by atoms with Gasteiger partial charge in [-0.05, 0) is 49.3 Å². The van der Waals surface area contributed by atoms with Gasteiger partial charge in [-0.3, -0.25) is 9.69 Å². The summed E-state index contributed by atoms with van der Waals surface area (Å²) >= 11 is 0. The maximum atomic E-state index is 11.2. The quantitative estimate of drug-likeness (QED) is 0.926. The zero-order valence-electron chi connectivity index (χ0n) is 13.2. The van der Waals surface area contributed by atoms with Gasteiger partial charge in [-0.15, -0.1) is 0 Å². The summed E-state index contributed by atoms with van der Waals surface area (Å²) in [7, 11) is 0. The molecule has 1 aliphatic carbocycles. The molecule has 1 aromatic carbocycles. The molecule has 1 heterocycles. The van der Waals surface area contributed by atoms with E-state index in [4.69, 9.17) is 0 Å². The van der Waals surface area contributed by atoms with Crippen LogP contribution in [0.4, 0.5) is 0 Å². The normalized spacial score (nSPS) is 21.0. The van der Waals surface area contributed by atoms with E-state index in [1.54, 1.807) is 6.92 Å². The highest BCUT2D eigenvalue weighted by Gasteiger charge is 2.26. The van der Waals surface area contributed by atoms with Crippen molar-refractivity contribution in [2.75, 3.05) is 13.1 Å². The number of nitrogens with one attached hydrogen (secondary N) is 1. The van der Waals surface area contributed by atoms with E-state index in [1.165, 1.54) is 55.5 Å². The second-order valence-electron chi connectivity index (χ2n) is 6.57. The summed E-state index contributed by atoms with van der Waals surface area (Å²) in [5.41, 5.74) is 4.20. The maximum Gasteiger partial charge on any atom is 0.217 e. The third-order valence-corrected chi connectivity index (χ3v) is 5.08. The van der Waals surface area contributed by atoms with E-state index < -0.39 is 0 Å². The third-order valence-electron chi connectivity index (χ3n) is 5.08. The number of benzene rings is 1. The minimum absolute atomic E-state index is 0.0357. The van der Waals surface area contributed by atoms with Gasteiger partial charge < -0.3 is 5.32 Å². The summed E-state index contributed by atoms with van der Waals surface area (Å²) in [5, 5.41) is 2.98. The lowest BCUT2D eigenvalue weighted by Crippen LogP contribution is -2.41. The highest BCUT2D eigenvalue weighted by molar-refractivity contribution is 5.73. The van der Waals surface area contributed by atoms with E-state index in [0.29, 0.717) is 0 Å². The first kappa shape index (κ1) is 14.6. The van der Waals surface area contributed by atoms with Gasteiger partial charge >= 0.3 is 0 Å². The van der Waals surface area contributed by atoms with E-state index >= 15 is 0 Å². The van der Waals surface area contributed by atoms with Crippen molar-refractivity contribution in [2.45, 2.75) is 58.0 Å². The number of rotatable bonds is 3. The molecule has 1 aromatic rings. The molecule has 3 heteroatoms. The Kier molecular flexibility index (Phi) is 4.29. The van der Waals surface area contributed by atoms with Crippen LogP contribution in [0.2, 0.25) is 0 Å². The van der Waals surface area contributed by atoms with Crippen molar-refractivity contribution in [1.82, 2.24) is 10.2 Å². The van der Waals surface area contributed by atoms with Crippen LogP contribution in [-0.2, 0) is 17.6 Å². The topological polar surface area (TPSA) is 32.3 Å². The fraction of sp³-hybridized carbons (Fsp3) is 0.611. The van der Waals surface area contributed by atoms with Gasteiger partial charge in [0.25, 0.3) is 0 Å². The predicted octanol–water partition coefficient (Wildman–Crippen LogP) is 2.84. The minimum Gasteiger partial charge on any atom is -0.350 e. The Labute approximate surface area is 127 Å². The van der Waals surface area contributed by atoms with Crippen LogP contribution in [0.1, 0.15) is 55.8 Å². The minimum atomic E-state index is 0.0357. The Morgan fingerprint density at radius 3 is 2.57 bits per heavy atom. The highest BCUT2D eigenvalue weighted by atomic mass is 16.1. The van der Waals surface area contributed by atoms with E-state index in [0.717, 1.165) is 12.5 Å². The van der Waals surface area contributed by atoms with Crippen LogP contribution in [0, 0.1) is 0 Å². The van der Waals surface area contributed by atoms with Gasteiger partial charge in [0.15, 0.2) is 0 Å². The summed E-state index contributed by atoms with van der Waals surface area (Å²) in [6.07, 6.45) is 6.50. The average Bonchev–Trinajstić information content (AvgIpc) is 2.58. The largest absolute Gasteiger partial charge is 0.350 e. The van der Waals surface area contributed by atoms with Crippen molar-refractivity contribution in [3.63, 3.8) is 0 Å². The summed E-state index contributed by atoms with van der Waals surface area (Å²) in [5.74, 6) is 0.0357. The molecule has 1 atom stereocenters. The average molecular weight is 286 g/mol. The molecule has 0 saturated heterocycles. The van der Waals surface area contributed by atoms with Crippen molar-refractivity contribution in [3.05, 3.63) is 34.9 Å². The second kappa shape index (κ2) is 6.18. The smallest absolute Gasteiger partial charge is 0.217 e. The Hall–Kier alpha value is -1.35. The maximum absolute atomic E-state index is 11.2. The van der Waals surface area contributed by atoms with Crippen molar-refractivity contribution >= 4 is 5.91 Å². The van der Waals surface area contributed by atoms with Crippen LogP contribution in [0.25, 0.3) is 0 Å². The molecular formula is C18H26N2O. The van der Waals surface area contributed by atoms with Gasteiger partial charge in [-0.25, -0.2) is 0 Å².